The molecule has 0 fully saturated rings. The average Bonchev–Trinajstić information content (AvgIpc) is 3.39. The van der Waals surface area contributed by atoms with E-state index >= 15 is 0 Å². The van der Waals surface area contributed by atoms with Crippen LogP contribution in [0, 0.1) is 11.7 Å². The minimum Gasteiger partial charge on any atom is -0.458 e. The Hall–Kier alpha value is -4.26. The number of Topliss-reactive ketones (excluding diaryl/α,β-unsaturated/α-hetero) is 3. The molecule has 0 N–H and O–H groups in total. The first kappa shape index (κ1) is 24.4. The SMILES string of the molecule is O=C(c1ccc(Cc2ccc(F)cc2)o1)C1CCc2cccnc2C1=O.O=C1CCCc2cccnc21. The molecule has 37 heavy (non-hydrogen) atoms. The molecule has 7 heteroatoms. The van der Waals surface area contributed by atoms with Crippen molar-refractivity contribution in [3.05, 3.63) is 118 Å². The molecule has 0 spiro atoms. The summed E-state index contributed by atoms with van der Waals surface area (Å²) in [7, 11) is 0. The second-order valence-corrected chi connectivity index (χ2v) is 9.19. The monoisotopic (exact) mass is 496 g/mol. The van der Waals surface area contributed by atoms with Gasteiger partial charge in [0.15, 0.2) is 17.3 Å². The van der Waals surface area contributed by atoms with Crippen molar-refractivity contribution in [3.63, 3.8) is 0 Å². The number of aryl methyl sites for hydroxylation is 2. The summed E-state index contributed by atoms with van der Waals surface area (Å²) in [6.07, 6.45) is 7.48. The highest BCUT2D eigenvalue weighted by Gasteiger charge is 2.35. The number of rotatable bonds is 4. The number of ketones is 3. The van der Waals surface area contributed by atoms with Crippen LogP contribution in [-0.4, -0.2) is 27.3 Å². The van der Waals surface area contributed by atoms with E-state index in [-0.39, 0.29) is 28.9 Å². The van der Waals surface area contributed by atoms with Gasteiger partial charge in [0, 0.05) is 25.2 Å². The number of nitrogens with zero attached hydrogens (tertiary/aromatic N) is 2. The van der Waals surface area contributed by atoms with E-state index in [2.05, 4.69) is 9.97 Å². The van der Waals surface area contributed by atoms with Crippen LogP contribution in [0.1, 0.15) is 73.2 Å². The van der Waals surface area contributed by atoms with E-state index in [0.717, 1.165) is 29.5 Å². The van der Waals surface area contributed by atoms with Crippen molar-refractivity contribution in [1.82, 2.24) is 9.97 Å². The van der Waals surface area contributed by atoms with E-state index in [4.69, 9.17) is 4.42 Å². The summed E-state index contributed by atoms with van der Waals surface area (Å²) in [5.74, 6) is -0.616. The van der Waals surface area contributed by atoms with Crippen LogP contribution >= 0.6 is 0 Å². The lowest BCUT2D eigenvalue weighted by Crippen LogP contribution is -2.30. The van der Waals surface area contributed by atoms with Gasteiger partial charge in [-0.2, -0.15) is 0 Å². The van der Waals surface area contributed by atoms with Crippen LogP contribution in [0.2, 0.25) is 0 Å². The zero-order valence-corrected chi connectivity index (χ0v) is 20.2. The van der Waals surface area contributed by atoms with Crippen molar-refractivity contribution < 1.29 is 23.2 Å². The summed E-state index contributed by atoms with van der Waals surface area (Å²) in [6.45, 7) is 0. The molecule has 6 rings (SSSR count). The Bertz CT molecular complexity index is 1460. The molecular formula is C30H25FN2O4. The molecule has 0 radical (unpaired) electrons. The highest BCUT2D eigenvalue weighted by molar-refractivity contribution is 6.15. The van der Waals surface area contributed by atoms with Crippen LogP contribution in [-0.2, 0) is 19.3 Å². The lowest BCUT2D eigenvalue weighted by atomic mass is 9.82. The van der Waals surface area contributed by atoms with Gasteiger partial charge in [-0.1, -0.05) is 24.3 Å². The highest BCUT2D eigenvalue weighted by Crippen LogP contribution is 2.27. The van der Waals surface area contributed by atoms with Crippen LogP contribution in [0.3, 0.4) is 0 Å². The van der Waals surface area contributed by atoms with Gasteiger partial charge in [-0.25, -0.2) is 4.39 Å². The summed E-state index contributed by atoms with van der Waals surface area (Å²) in [5, 5.41) is 0. The summed E-state index contributed by atoms with van der Waals surface area (Å²) >= 11 is 0. The normalized spacial score (nSPS) is 16.3. The first-order valence-corrected chi connectivity index (χ1v) is 12.3. The molecule has 1 aromatic carbocycles. The lowest BCUT2D eigenvalue weighted by molar-refractivity contribution is 0.0768. The number of benzene rings is 1. The smallest absolute Gasteiger partial charge is 0.208 e. The van der Waals surface area contributed by atoms with Crippen molar-refractivity contribution in [2.24, 2.45) is 5.92 Å². The molecule has 0 bridgehead atoms. The largest absolute Gasteiger partial charge is 0.458 e. The number of carbonyl (C=O) groups is 3. The fourth-order valence-electron chi connectivity index (χ4n) is 4.74. The number of hydrogen-bond donors (Lipinski definition) is 0. The highest BCUT2D eigenvalue weighted by atomic mass is 19.1. The maximum absolute atomic E-state index is 13.0. The van der Waals surface area contributed by atoms with Gasteiger partial charge in [-0.15, -0.1) is 0 Å². The first-order valence-electron chi connectivity index (χ1n) is 12.3. The third-order valence-electron chi connectivity index (χ3n) is 6.66. The molecule has 0 aliphatic heterocycles. The Labute approximate surface area is 213 Å². The number of carbonyl (C=O) groups excluding carboxylic acids is 3. The quantitative estimate of drug-likeness (QED) is 0.269. The molecule has 3 aromatic heterocycles. The van der Waals surface area contributed by atoms with Gasteiger partial charge in [-0.3, -0.25) is 24.4 Å². The molecule has 0 saturated carbocycles. The van der Waals surface area contributed by atoms with E-state index in [9.17, 15) is 18.8 Å². The van der Waals surface area contributed by atoms with Crippen molar-refractivity contribution >= 4 is 17.3 Å². The summed E-state index contributed by atoms with van der Waals surface area (Å²) < 4.78 is 18.6. The zero-order valence-electron chi connectivity index (χ0n) is 20.2. The van der Waals surface area contributed by atoms with E-state index in [1.54, 1.807) is 42.7 Å². The molecule has 2 aliphatic rings. The summed E-state index contributed by atoms with van der Waals surface area (Å²) in [4.78, 5) is 44.7. The molecule has 2 aliphatic carbocycles. The van der Waals surface area contributed by atoms with Gasteiger partial charge in [0.05, 0.1) is 5.92 Å². The topological polar surface area (TPSA) is 90.1 Å². The van der Waals surface area contributed by atoms with Gasteiger partial charge in [0.25, 0.3) is 0 Å². The van der Waals surface area contributed by atoms with Crippen LogP contribution < -0.4 is 0 Å². The fourth-order valence-corrected chi connectivity index (χ4v) is 4.74. The Balaban J connectivity index is 0.000000212. The Morgan fingerprint density at radius 3 is 2.30 bits per heavy atom. The fraction of sp³-hybridized carbons (Fsp3) is 0.233. The third kappa shape index (κ3) is 5.45. The summed E-state index contributed by atoms with van der Waals surface area (Å²) in [6, 6.07) is 17.0. The molecule has 186 valence electrons. The van der Waals surface area contributed by atoms with Crippen molar-refractivity contribution in [1.29, 1.82) is 0 Å². The molecule has 3 heterocycles. The Kier molecular flexibility index (Phi) is 7.12. The summed E-state index contributed by atoms with van der Waals surface area (Å²) in [5.41, 5.74) is 3.96. The van der Waals surface area contributed by atoms with Gasteiger partial charge in [0.2, 0.25) is 5.78 Å². The number of halogens is 1. The van der Waals surface area contributed by atoms with Gasteiger partial charge in [0.1, 0.15) is 23.0 Å². The number of aromatic nitrogens is 2. The first-order chi connectivity index (χ1) is 18.0. The predicted molar refractivity (Wildman–Crippen MR) is 134 cm³/mol. The number of furan rings is 1. The molecule has 6 nitrogen and oxygen atoms in total. The van der Waals surface area contributed by atoms with Crippen LogP contribution in [0.25, 0.3) is 0 Å². The van der Waals surface area contributed by atoms with E-state index in [0.29, 0.717) is 42.8 Å². The predicted octanol–water partition coefficient (Wildman–Crippen LogP) is 5.63. The minimum atomic E-state index is -0.748. The van der Waals surface area contributed by atoms with Crippen molar-refractivity contribution in [2.45, 2.75) is 38.5 Å². The molecule has 4 aromatic rings. The van der Waals surface area contributed by atoms with E-state index < -0.39 is 5.92 Å². The minimum absolute atomic E-state index is 0.180. The van der Waals surface area contributed by atoms with Gasteiger partial charge < -0.3 is 4.42 Å². The lowest BCUT2D eigenvalue weighted by Gasteiger charge is -2.20. The Morgan fingerprint density at radius 2 is 1.57 bits per heavy atom. The van der Waals surface area contributed by atoms with Crippen LogP contribution in [0.4, 0.5) is 4.39 Å². The van der Waals surface area contributed by atoms with Crippen molar-refractivity contribution in [3.8, 4) is 0 Å². The molecule has 0 amide bonds. The average molecular weight is 497 g/mol. The van der Waals surface area contributed by atoms with E-state index in [1.807, 2.05) is 18.2 Å². The standard InChI is InChI=1S/C21H16FNO3.C9H9NO/c22-15-6-3-13(4-7-15)12-16-8-10-18(26-16)20(24)17-9-5-14-2-1-11-23-19(14)21(17)25;11-8-5-1-3-7-4-2-6-10-9(7)8/h1-4,6-8,10-11,17H,5,9,12H2;2,4,6H,1,3,5H2. The molecule has 1 atom stereocenters. The number of hydrogen-bond acceptors (Lipinski definition) is 6. The van der Waals surface area contributed by atoms with Crippen molar-refractivity contribution in [2.75, 3.05) is 0 Å². The second kappa shape index (κ2) is 10.8. The number of pyridine rings is 2. The second-order valence-electron chi connectivity index (χ2n) is 9.19. The Morgan fingerprint density at radius 1 is 0.865 bits per heavy atom. The molecule has 1 unspecified atom stereocenters. The van der Waals surface area contributed by atoms with Crippen LogP contribution in [0.5, 0.6) is 0 Å². The third-order valence-corrected chi connectivity index (χ3v) is 6.66. The van der Waals surface area contributed by atoms with Crippen LogP contribution in [0.15, 0.2) is 77.5 Å². The molecular weight excluding hydrogens is 471 g/mol. The zero-order chi connectivity index (χ0) is 25.8. The van der Waals surface area contributed by atoms with Gasteiger partial charge in [-0.05, 0) is 78.8 Å². The number of fused-ring (bicyclic) bond motifs is 2. The molecule has 0 saturated heterocycles. The maximum atomic E-state index is 13.0. The van der Waals surface area contributed by atoms with E-state index in [1.165, 1.54) is 12.1 Å². The maximum Gasteiger partial charge on any atom is 0.208 e. The van der Waals surface area contributed by atoms with Gasteiger partial charge >= 0.3 is 0 Å².